The number of nitrogens with one attached hydrogen (secondary N) is 2. The number of aromatic nitrogens is 3. The van der Waals surface area contributed by atoms with E-state index in [-0.39, 0.29) is 5.84 Å². The first-order valence-corrected chi connectivity index (χ1v) is 8.03. The zero-order valence-electron chi connectivity index (χ0n) is 13.6. The molecule has 0 spiro atoms. The highest BCUT2D eigenvalue weighted by Crippen LogP contribution is 2.19. The lowest BCUT2D eigenvalue weighted by molar-refractivity contribution is 0.0978. The number of fused-ring (bicyclic) bond motifs is 1. The number of anilines is 1. The van der Waals surface area contributed by atoms with Crippen LogP contribution in [-0.2, 0) is 0 Å². The van der Waals surface area contributed by atoms with Crippen LogP contribution in [0.1, 0.15) is 36.5 Å². The van der Waals surface area contributed by atoms with E-state index in [1.54, 1.807) is 10.7 Å². The summed E-state index contributed by atoms with van der Waals surface area (Å²) in [5.74, 6) is 0.385. The molecule has 2 aromatic rings. The van der Waals surface area contributed by atoms with E-state index < -0.39 is 5.91 Å². The SMILES string of the molecule is CCC(N)=CC(=N)NC(=O)c1cnn2ccc(N3CCCC3)nc12. The molecule has 0 bridgehead atoms. The average Bonchev–Trinajstić information content (AvgIpc) is 3.23. The minimum absolute atomic E-state index is 0.0469. The lowest BCUT2D eigenvalue weighted by Gasteiger charge is -2.16. The number of amides is 1. The molecule has 2 aromatic heterocycles. The summed E-state index contributed by atoms with van der Waals surface area (Å²) in [6.07, 6.45) is 7.63. The molecule has 0 radical (unpaired) electrons. The second-order valence-electron chi connectivity index (χ2n) is 5.75. The predicted octanol–water partition coefficient (Wildman–Crippen LogP) is 1.29. The van der Waals surface area contributed by atoms with Crippen LogP contribution in [-0.4, -0.2) is 39.4 Å². The third kappa shape index (κ3) is 3.22. The number of hydrogen-bond acceptors (Lipinski definition) is 6. The number of rotatable bonds is 4. The predicted molar refractivity (Wildman–Crippen MR) is 92.2 cm³/mol. The molecule has 1 aliphatic heterocycles. The third-order valence-corrected chi connectivity index (χ3v) is 4.02. The van der Waals surface area contributed by atoms with Gasteiger partial charge in [0.25, 0.3) is 5.91 Å². The van der Waals surface area contributed by atoms with E-state index in [4.69, 9.17) is 11.1 Å². The van der Waals surface area contributed by atoms with Crippen molar-refractivity contribution in [3.05, 3.63) is 35.8 Å². The standard InChI is InChI=1S/C16H21N7O/c1-2-11(17)9-13(18)20-16(24)12-10-19-23-8-5-14(21-15(12)23)22-6-3-4-7-22/h5,8-10H,2-4,6-7,17H2,1H3,(H2,18,20,24). The maximum Gasteiger partial charge on any atom is 0.262 e. The van der Waals surface area contributed by atoms with E-state index >= 15 is 0 Å². The van der Waals surface area contributed by atoms with Gasteiger partial charge in [-0.2, -0.15) is 5.10 Å². The zero-order valence-corrected chi connectivity index (χ0v) is 13.6. The fourth-order valence-corrected chi connectivity index (χ4v) is 2.66. The fraction of sp³-hybridized carbons (Fsp3) is 0.375. The van der Waals surface area contributed by atoms with Crippen LogP contribution in [0.5, 0.6) is 0 Å². The summed E-state index contributed by atoms with van der Waals surface area (Å²) >= 11 is 0. The molecule has 4 N–H and O–H groups in total. The molecular formula is C16H21N7O. The van der Waals surface area contributed by atoms with Gasteiger partial charge in [0.1, 0.15) is 17.2 Å². The highest BCUT2D eigenvalue weighted by Gasteiger charge is 2.18. The summed E-state index contributed by atoms with van der Waals surface area (Å²) in [5.41, 5.74) is 7.04. The number of carbonyl (C=O) groups is 1. The number of carbonyl (C=O) groups excluding carboxylic acids is 1. The van der Waals surface area contributed by atoms with Gasteiger partial charge in [-0.25, -0.2) is 9.50 Å². The number of nitrogens with two attached hydrogens (primary N) is 1. The van der Waals surface area contributed by atoms with Crippen molar-refractivity contribution in [2.45, 2.75) is 26.2 Å². The smallest absolute Gasteiger partial charge is 0.262 e. The highest BCUT2D eigenvalue weighted by atomic mass is 16.1. The van der Waals surface area contributed by atoms with Crippen molar-refractivity contribution in [3.63, 3.8) is 0 Å². The molecule has 126 valence electrons. The monoisotopic (exact) mass is 327 g/mol. The Morgan fingerprint density at radius 2 is 2.21 bits per heavy atom. The van der Waals surface area contributed by atoms with Gasteiger partial charge in [-0.1, -0.05) is 6.92 Å². The van der Waals surface area contributed by atoms with Crippen molar-refractivity contribution in [1.82, 2.24) is 19.9 Å². The Balaban J connectivity index is 1.84. The van der Waals surface area contributed by atoms with Crippen molar-refractivity contribution in [2.24, 2.45) is 5.73 Å². The molecule has 1 amide bonds. The van der Waals surface area contributed by atoms with Crippen LogP contribution in [0.4, 0.5) is 5.82 Å². The average molecular weight is 327 g/mol. The zero-order chi connectivity index (χ0) is 17.1. The van der Waals surface area contributed by atoms with Crippen molar-refractivity contribution in [1.29, 1.82) is 5.41 Å². The first-order valence-electron chi connectivity index (χ1n) is 8.03. The molecule has 1 fully saturated rings. The number of nitrogens with zero attached hydrogens (tertiary/aromatic N) is 4. The maximum absolute atomic E-state index is 12.4. The topological polar surface area (TPSA) is 112 Å². The minimum Gasteiger partial charge on any atom is -0.402 e. The van der Waals surface area contributed by atoms with Crippen molar-refractivity contribution >= 4 is 23.2 Å². The van der Waals surface area contributed by atoms with Crippen LogP contribution in [0, 0.1) is 5.41 Å². The third-order valence-electron chi connectivity index (χ3n) is 4.02. The Bertz CT molecular complexity index is 802. The van der Waals surface area contributed by atoms with Crippen molar-refractivity contribution < 1.29 is 4.79 Å². The lowest BCUT2D eigenvalue weighted by atomic mass is 10.3. The molecule has 0 saturated carbocycles. The van der Waals surface area contributed by atoms with Crippen molar-refractivity contribution in [3.8, 4) is 0 Å². The van der Waals surface area contributed by atoms with E-state index in [0.717, 1.165) is 31.7 Å². The Morgan fingerprint density at radius 1 is 1.46 bits per heavy atom. The van der Waals surface area contributed by atoms with E-state index in [9.17, 15) is 4.79 Å². The van der Waals surface area contributed by atoms with Gasteiger partial charge < -0.3 is 16.0 Å². The molecule has 3 rings (SSSR count). The van der Waals surface area contributed by atoms with Gasteiger partial charge in [0.15, 0.2) is 5.65 Å². The maximum atomic E-state index is 12.4. The first-order chi connectivity index (χ1) is 11.6. The Morgan fingerprint density at radius 3 is 2.92 bits per heavy atom. The van der Waals surface area contributed by atoms with Crippen molar-refractivity contribution in [2.75, 3.05) is 18.0 Å². The molecule has 8 nitrogen and oxygen atoms in total. The van der Waals surface area contributed by atoms with Gasteiger partial charge in [-0.3, -0.25) is 10.2 Å². The molecular weight excluding hydrogens is 306 g/mol. The van der Waals surface area contributed by atoms with Crippen LogP contribution < -0.4 is 16.0 Å². The number of allylic oxidation sites excluding steroid dienone is 1. The van der Waals surface area contributed by atoms with E-state index in [0.29, 0.717) is 23.3 Å². The Hall–Kier alpha value is -2.90. The summed E-state index contributed by atoms with van der Waals surface area (Å²) in [5, 5.41) is 14.5. The van der Waals surface area contributed by atoms with E-state index in [2.05, 4.69) is 20.3 Å². The van der Waals surface area contributed by atoms with Crippen LogP contribution in [0.25, 0.3) is 5.65 Å². The molecule has 0 atom stereocenters. The van der Waals surface area contributed by atoms with E-state index in [1.807, 2.05) is 13.0 Å². The summed E-state index contributed by atoms with van der Waals surface area (Å²) in [6.45, 7) is 3.84. The molecule has 0 aromatic carbocycles. The molecule has 24 heavy (non-hydrogen) atoms. The van der Waals surface area contributed by atoms with Crippen LogP contribution in [0.2, 0.25) is 0 Å². The molecule has 1 aliphatic rings. The van der Waals surface area contributed by atoms with Gasteiger partial charge in [0.2, 0.25) is 0 Å². The number of amidine groups is 1. The van der Waals surface area contributed by atoms with Gasteiger partial charge in [0, 0.05) is 25.0 Å². The molecule has 0 unspecified atom stereocenters. The normalized spacial score (nSPS) is 15.0. The summed E-state index contributed by atoms with van der Waals surface area (Å²) in [6, 6.07) is 1.90. The van der Waals surface area contributed by atoms with Crippen LogP contribution in [0.3, 0.4) is 0 Å². The largest absolute Gasteiger partial charge is 0.402 e. The minimum atomic E-state index is -0.416. The fourth-order valence-electron chi connectivity index (χ4n) is 2.66. The lowest BCUT2D eigenvalue weighted by Crippen LogP contribution is -2.29. The van der Waals surface area contributed by atoms with Crippen LogP contribution in [0.15, 0.2) is 30.2 Å². The summed E-state index contributed by atoms with van der Waals surface area (Å²) in [7, 11) is 0. The summed E-state index contributed by atoms with van der Waals surface area (Å²) in [4.78, 5) is 19.2. The summed E-state index contributed by atoms with van der Waals surface area (Å²) < 4.78 is 1.56. The highest BCUT2D eigenvalue weighted by molar-refractivity contribution is 6.11. The number of hydrogen-bond donors (Lipinski definition) is 3. The molecule has 1 saturated heterocycles. The quantitative estimate of drug-likeness (QED) is 0.578. The second-order valence-corrected chi connectivity index (χ2v) is 5.75. The molecule has 0 aliphatic carbocycles. The van der Waals surface area contributed by atoms with Gasteiger partial charge >= 0.3 is 0 Å². The molecule has 8 heteroatoms. The Labute approximate surface area is 139 Å². The van der Waals surface area contributed by atoms with Gasteiger partial charge in [-0.05, 0) is 31.4 Å². The van der Waals surface area contributed by atoms with E-state index in [1.165, 1.54) is 12.3 Å². The second kappa shape index (κ2) is 6.69. The molecule has 3 heterocycles. The van der Waals surface area contributed by atoms with Gasteiger partial charge in [0.05, 0.1) is 6.20 Å². The Kier molecular flexibility index (Phi) is 4.45. The van der Waals surface area contributed by atoms with Crippen LogP contribution >= 0.6 is 0 Å². The van der Waals surface area contributed by atoms with Gasteiger partial charge in [-0.15, -0.1) is 0 Å². The first kappa shape index (κ1) is 16.0.